The van der Waals surface area contributed by atoms with Crippen molar-refractivity contribution in [1.29, 1.82) is 0 Å². The van der Waals surface area contributed by atoms with Crippen molar-refractivity contribution in [3.8, 4) is 11.5 Å². The summed E-state index contributed by atoms with van der Waals surface area (Å²) in [6.45, 7) is 5.52. The third kappa shape index (κ3) is 15.1. The number of nitrogen functional groups attached to an aromatic ring is 2. The first kappa shape index (κ1) is 47.0. The number of halogens is 2. The number of carbonyl (C=O) groups excluding carboxylic acids is 3. The predicted molar refractivity (Wildman–Crippen MR) is 216 cm³/mol. The molecule has 57 heavy (non-hydrogen) atoms. The second kappa shape index (κ2) is 23.7. The Hall–Kier alpha value is -4.41. The van der Waals surface area contributed by atoms with E-state index in [-0.39, 0.29) is 66.0 Å². The van der Waals surface area contributed by atoms with Gasteiger partial charge in [-0.15, -0.1) is 0 Å². The van der Waals surface area contributed by atoms with E-state index < -0.39 is 5.91 Å². The third-order valence-corrected chi connectivity index (χ3v) is 10.4. The Balaban J connectivity index is 0.00000870. The molecule has 5 N–H and O–H groups in total. The minimum Gasteiger partial charge on any atom is -1.00 e. The van der Waals surface area contributed by atoms with Crippen molar-refractivity contribution in [3.05, 3.63) is 70.5 Å². The molecule has 1 saturated heterocycles. The smallest absolute Gasteiger partial charge is 0.274 e. The van der Waals surface area contributed by atoms with Crippen LogP contribution in [0.3, 0.4) is 0 Å². The van der Waals surface area contributed by atoms with Gasteiger partial charge in [0.15, 0.2) is 35.7 Å². The number of rotatable bonds is 22. The number of carbonyl (C=O) groups is 3. The van der Waals surface area contributed by atoms with Crippen molar-refractivity contribution in [2.75, 3.05) is 105 Å². The summed E-state index contributed by atoms with van der Waals surface area (Å²) in [5.41, 5.74) is 14.1. The molecule has 4 rings (SSSR count). The van der Waals surface area contributed by atoms with Crippen molar-refractivity contribution >= 4 is 41.0 Å². The lowest BCUT2D eigenvalue weighted by atomic mass is 9.99. The van der Waals surface area contributed by atoms with Gasteiger partial charge in [-0.05, 0) is 61.1 Å². The molecule has 0 unspecified atom stereocenters. The summed E-state index contributed by atoms with van der Waals surface area (Å²) in [7, 11) is 6.67. The Labute approximate surface area is 347 Å². The highest BCUT2D eigenvalue weighted by Crippen LogP contribution is 2.25. The van der Waals surface area contributed by atoms with Crippen molar-refractivity contribution in [1.82, 2.24) is 25.1 Å². The SMILES string of the molecule is COCCN(C)C(=O)COc1ccc(CCC[N+]2(CCCc3ccc(OCC(=O)N(C)CCOC)cc3)CCC[C@H](NC(=O)c3nc(Cl)c(N)nc3N)C2)cc1.[Cl-]. The number of quaternary nitrogens is 1. The molecular formula is C40H58Cl2N8O7. The number of nitrogens with zero attached hydrogens (tertiary/aromatic N) is 5. The topological polar surface area (TPSA) is 184 Å². The Kier molecular flexibility index (Phi) is 19.6. The average Bonchev–Trinajstić information content (AvgIpc) is 3.19. The minimum atomic E-state index is -0.418. The Morgan fingerprint density at radius 3 is 1.77 bits per heavy atom. The molecule has 17 heteroatoms. The van der Waals surface area contributed by atoms with Crippen LogP contribution in [0.1, 0.15) is 47.3 Å². The fraction of sp³-hybridized carbons (Fsp3) is 0.525. The molecule has 0 saturated carbocycles. The van der Waals surface area contributed by atoms with E-state index in [0.29, 0.717) is 37.8 Å². The van der Waals surface area contributed by atoms with Gasteiger partial charge in [0, 0.05) is 54.2 Å². The maximum Gasteiger partial charge on any atom is 0.274 e. The molecule has 1 atom stereocenters. The number of amides is 3. The number of aromatic nitrogens is 2. The van der Waals surface area contributed by atoms with Crippen LogP contribution in [0.15, 0.2) is 48.5 Å². The zero-order valence-electron chi connectivity index (χ0n) is 33.5. The molecule has 0 aliphatic carbocycles. The summed E-state index contributed by atoms with van der Waals surface area (Å²) in [5.74, 6) is 0.572. The van der Waals surface area contributed by atoms with Gasteiger partial charge in [-0.3, -0.25) is 14.4 Å². The van der Waals surface area contributed by atoms with Crippen molar-refractivity contribution < 1.29 is 50.2 Å². The summed E-state index contributed by atoms with van der Waals surface area (Å²) in [5, 5.41) is 3.09. The first-order valence-electron chi connectivity index (χ1n) is 19.1. The molecule has 3 amide bonds. The van der Waals surface area contributed by atoms with Crippen LogP contribution < -0.4 is 38.7 Å². The molecule has 3 aromatic rings. The summed E-state index contributed by atoms with van der Waals surface area (Å²) >= 11 is 6.07. The highest BCUT2D eigenvalue weighted by molar-refractivity contribution is 6.31. The number of hydrogen-bond acceptors (Lipinski definition) is 11. The number of methoxy groups -OCH3 is 2. The van der Waals surface area contributed by atoms with Crippen LogP contribution in [-0.4, -0.2) is 142 Å². The number of likely N-dealkylation sites (tertiary alicyclic amines) is 1. The molecule has 1 aromatic heterocycles. The van der Waals surface area contributed by atoms with Gasteiger partial charge in [0.25, 0.3) is 17.7 Å². The fourth-order valence-corrected chi connectivity index (χ4v) is 6.91. The summed E-state index contributed by atoms with van der Waals surface area (Å²) in [6.07, 6.45) is 5.42. The van der Waals surface area contributed by atoms with Crippen molar-refractivity contribution in [3.63, 3.8) is 0 Å². The van der Waals surface area contributed by atoms with Crippen LogP contribution in [0.5, 0.6) is 11.5 Å². The molecule has 1 aliphatic rings. The van der Waals surface area contributed by atoms with Gasteiger partial charge >= 0.3 is 0 Å². The van der Waals surface area contributed by atoms with Gasteiger partial charge in [-0.25, -0.2) is 9.97 Å². The van der Waals surface area contributed by atoms with Crippen molar-refractivity contribution in [2.24, 2.45) is 0 Å². The number of aryl methyl sites for hydroxylation is 2. The van der Waals surface area contributed by atoms with Crippen LogP contribution in [0.25, 0.3) is 0 Å². The van der Waals surface area contributed by atoms with Crippen LogP contribution in [0, 0.1) is 0 Å². The zero-order valence-corrected chi connectivity index (χ0v) is 35.0. The molecule has 2 aromatic carbocycles. The second-order valence-corrected chi connectivity index (χ2v) is 14.7. The number of hydrogen-bond donors (Lipinski definition) is 3. The van der Waals surface area contributed by atoms with Gasteiger partial charge in [0.05, 0.1) is 45.4 Å². The molecule has 2 heterocycles. The second-order valence-electron chi connectivity index (χ2n) is 14.3. The standard InChI is InChI=1S/C40H57ClN8O7.ClH/c1-47(19-24-53-3)34(50)27-55-32-15-11-29(12-16-32)8-5-21-49(23-7-10-31(26-49)44-40(52)36-38(42)46-39(43)37(41)45-36)22-6-9-30-13-17-33(18-14-30)56-28-35(51)48(2)20-25-54-4;/h11-18,31H,5-10,19-28H2,1-4H3,(H4-,42,43,44,46,52);1H/t31-;/m0./s1. The largest absolute Gasteiger partial charge is 1.00 e. The predicted octanol–water partition coefficient (Wildman–Crippen LogP) is 0.240. The molecule has 0 spiro atoms. The van der Waals surface area contributed by atoms with E-state index in [0.717, 1.165) is 69.2 Å². The van der Waals surface area contributed by atoms with Crippen LogP contribution in [0.2, 0.25) is 5.15 Å². The molecule has 0 bridgehead atoms. The molecule has 0 radical (unpaired) electrons. The third-order valence-electron chi connectivity index (χ3n) is 10.1. The van der Waals surface area contributed by atoms with Crippen LogP contribution in [0.4, 0.5) is 11.6 Å². The fourth-order valence-electron chi connectivity index (χ4n) is 6.78. The summed E-state index contributed by atoms with van der Waals surface area (Å²) in [6, 6.07) is 15.7. The lowest BCUT2D eigenvalue weighted by Gasteiger charge is -2.45. The van der Waals surface area contributed by atoms with E-state index >= 15 is 0 Å². The summed E-state index contributed by atoms with van der Waals surface area (Å²) in [4.78, 5) is 49.2. The monoisotopic (exact) mass is 832 g/mol. The normalized spacial score (nSPS) is 14.6. The van der Waals surface area contributed by atoms with Gasteiger partial charge in [-0.2, -0.15) is 0 Å². The van der Waals surface area contributed by atoms with Gasteiger partial charge in [0.2, 0.25) is 0 Å². The number of nitrogens with two attached hydrogens (primary N) is 2. The maximum atomic E-state index is 13.3. The molecule has 314 valence electrons. The van der Waals surface area contributed by atoms with E-state index in [9.17, 15) is 14.4 Å². The molecule has 15 nitrogen and oxygen atoms in total. The Bertz CT molecular complexity index is 1640. The maximum absolute atomic E-state index is 13.3. The van der Waals surface area contributed by atoms with E-state index in [1.807, 2.05) is 48.5 Å². The van der Waals surface area contributed by atoms with E-state index in [1.54, 1.807) is 38.1 Å². The first-order chi connectivity index (χ1) is 26.9. The lowest BCUT2D eigenvalue weighted by Crippen LogP contribution is -3.00. The number of piperidine rings is 1. The molecule has 1 aliphatic heterocycles. The average molecular weight is 834 g/mol. The first-order valence-corrected chi connectivity index (χ1v) is 19.4. The minimum absolute atomic E-state index is 0. The number of ether oxygens (including phenoxy) is 4. The van der Waals surface area contributed by atoms with Crippen LogP contribution in [-0.2, 0) is 31.9 Å². The van der Waals surface area contributed by atoms with Gasteiger partial charge < -0.3 is 62.4 Å². The number of nitrogens with one attached hydrogen (secondary N) is 1. The highest BCUT2D eigenvalue weighted by atomic mass is 35.5. The lowest BCUT2D eigenvalue weighted by molar-refractivity contribution is -0.933. The quantitative estimate of drug-likeness (QED) is 0.118. The van der Waals surface area contributed by atoms with Crippen LogP contribution >= 0.6 is 11.6 Å². The number of anilines is 2. The van der Waals surface area contributed by atoms with Gasteiger partial charge in [-0.1, -0.05) is 35.9 Å². The zero-order chi connectivity index (χ0) is 40.5. The molecular weight excluding hydrogens is 775 g/mol. The van der Waals surface area contributed by atoms with Crippen molar-refractivity contribution in [2.45, 2.75) is 44.6 Å². The summed E-state index contributed by atoms with van der Waals surface area (Å²) < 4.78 is 22.4. The van der Waals surface area contributed by atoms with E-state index in [1.165, 1.54) is 11.1 Å². The number of benzene rings is 2. The Morgan fingerprint density at radius 2 is 1.30 bits per heavy atom. The molecule has 1 fully saturated rings. The number of likely N-dealkylation sites (N-methyl/N-ethyl adjacent to an activating group) is 2. The Morgan fingerprint density at radius 1 is 0.807 bits per heavy atom. The van der Waals surface area contributed by atoms with E-state index in [2.05, 4.69) is 15.3 Å². The van der Waals surface area contributed by atoms with E-state index in [4.69, 9.17) is 42.0 Å². The highest BCUT2D eigenvalue weighted by Gasteiger charge is 2.35. The van der Waals surface area contributed by atoms with Gasteiger partial charge in [0.1, 0.15) is 11.5 Å².